The normalized spacial score (nSPS) is 17.8. The van der Waals surface area contributed by atoms with Gasteiger partial charge in [0.1, 0.15) is 23.1 Å². The lowest BCUT2D eigenvalue weighted by Crippen LogP contribution is -2.15. The van der Waals surface area contributed by atoms with Crippen molar-refractivity contribution in [2.24, 2.45) is 0 Å². The third kappa shape index (κ3) is 2.62. The number of rotatable bonds is 3. The molecule has 1 aromatic carbocycles. The molecule has 0 spiro atoms. The van der Waals surface area contributed by atoms with E-state index in [4.69, 9.17) is 15.5 Å². The molecule has 4 nitrogen and oxygen atoms in total. The fourth-order valence-electron chi connectivity index (χ4n) is 2.98. The van der Waals surface area contributed by atoms with E-state index in [1.165, 1.54) is 12.8 Å². The second kappa shape index (κ2) is 5.43. The summed E-state index contributed by atoms with van der Waals surface area (Å²) in [5, 5.41) is 0. The average Bonchev–Trinajstić information content (AvgIpc) is 2.78. The van der Waals surface area contributed by atoms with Crippen LogP contribution in [0.3, 0.4) is 0 Å². The Balaban J connectivity index is 2.01. The minimum atomic E-state index is 0.160. The number of fused-ring (bicyclic) bond motifs is 1. The van der Waals surface area contributed by atoms with Gasteiger partial charge in [0.2, 0.25) is 0 Å². The molecule has 0 radical (unpaired) electrons. The van der Waals surface area contributed by atoms with Gasteiger partial charge in [-0.1, -0.05) is 19.1 Å². The first kappa shape index (κ1) is 14.0. The number of nitrogen functional groups attached to an aromatic ring is 1. The molecule has 112 valence electrons. The van der Waals surface area contributed by atoms with Gasteiger partial charge in [0.15, 0.2) is 0 Å². The summed E-state index contributed by atoms with van der Waals surface area (Å²) in [7, 11) is 0. The minimum Gasteiger partial charge on any atom is -0.491 e. The van der Waals surface area contributed by atoms with Crippen LogP contribution in [-0.2, 0) is 6.54 Å². The zero-order valence-corrected chi connectivity index (χ0v) is 13.0. The van der Waals surface area contributed by atoms with Crippen LogP contribution < -0.4 is 10.5 Å². The van der Waals surface area contributed by atoms with E-state index in [1.807, 2.05) is 38.1 Å². The Kier molecular flexibility index (Phi) is 3.62. The van der Waals surface area contributed by atoms with E-state index in [9.17, 15) is 0 Å². The molecule has 2 heterocycles. The van der Waals surface area contributed by atoms with Gasteiger partial charge in [-0.3, -0.25) is 0 Å². The van der Waals surface area contributed by atoms with Crippen LogP contribution in [0, 0.1) is 0 Å². The molecule has 2 N–H and O–H groups in total. The molecule has 1 aliphatic rings. The van der Waals surface area contributed by atoms with Crippen molar-refractivity contribution in [2.75, 3.05) is 5.73 Å². The van der Waals surface area contributed by atoms with E-state index < -0.39 is 0 Å². The molecular weight excluding hydrogens is 262 g/mol. The number of hydrogen-bond acceptors (Lipinski definition) is 3. The van der Waals surface area contributed by atoms with Gasteiger partial charge in [0.25, 0.3) is 0 Å². The molecule has 21 heavy (non-hydrogen) atoms. The summed E-state index contributed by atoms with van der Waals surface area (Å²) >= 11 is 0. The fraction of sp³-hybridized carbons (Fsp3) is 0.471. The summed E-state index contributed by atoms with van der Waals surface area (Å²) in [6.07, 6.45) is 2.52. The molecule has 1 aliphatic heterocycles. The first-order valence-corrected chi connectivity index (χ1v) is 7.69. The van der Waals surface area contributed by atoms with Crippen molar-refractivity contribution in [2.45, 2.75) is 52.2 Å². The molecule has 2 aromatic rings. The van der Waals surface area contributed by atoms with Crippen molar-refractivity contribution < 1.29 is 4.74 Å². The SMILES string of the molecule is CC(C)Oc1cccc(-c2nc3n(c2N)CCCC3C)c1. The number of hydrogen-bond donors (Lipinski definition) is 1. The highest BCUT2D eigenvalue weighted by atomic mass is 16.5. The largest absolute Gasteiger partial charge is 0.491 e. The standard InChI is InChI=1S/C17H23N3O/c1-11(2)21-14-8-4-7-13(10-14)15-16(18)20-9-5-6-12(3)17(20)19-15/h4,7-8,10-12H,5-6,9,18H2,1-3H3. The number of benzene rings is 1. The quantitative estimate of drug-likeness (QED) is 0.932. The van der Waals surface area contributed by atoms with Gasteiger partial charge in [-0.2, -0.15) is 0 Å². The topological polar surface area (TPSA) is 53.1 Å². The molecule has 4 heteroatoms. The zero-order valence-electron chi connectivity index (χ0n) is 13.0. The Bertz CT molecular complexity index is 645. The van der Waals surface area contributed by atoms with Gasteiger partial charge in [0, 0.05) is 18.0 Å². The number of nitrogens with two attached hydrogens (primary N) is 1. The van der Waals surface area contributed by atoms with E-state index in [0.29, 0.717) is 5.92 Å². The van der Waals surface area contributed by atoms with Crippen LogP contribution in [0.2, 0.25) is 0 Å². The third-order valence-electron chi connectivity index (χ3n) is 3.98. The predicted octanol–water partition coefficient (Wildman–Crippen LogP) is 3.82. The number of anilines is 1. The van der Waals surface area contributed by atoms with Crippen molar-refractivity contribution in [1.82, 2.24) is 9.55 Å². The van der Waals surface area contributed by atoms with Gasteiger partial charge in [-0.05, 0) is 38.8 Å². The Hall–Kier alpha value is -1.97. The van der Waals surface area contributed by atoms with E-state index >= 15 is 0 Å². The van der Waals surface area contributed by atoms with Crippen molar-refractivity contribution in [3.8, 4) is 17.0 Å². The second-order valence-corrected chi connectivity index (χ2v) is 6.09. The Labute approximate surface area is 125 Å². The van der Waals surface area contributed by atoms with Crippen LogP contribution in [0.4, 0.5) is 5.82 Å². The van der Waals surface area contributed by atoms with Crippen molar-refractivity contribution in [3.05, 3.63) is 30.1 Å². The Morgan fingerprint density at radius 1 is 1.38 bits per heavy atom. The summed E-state index contributed by atoms with van der Waals surface area (Å²) in [5.41, 5.74) is 8.24. The molecule has 0 saturated heterocycles. The van der Waals surface area contributed by atoms with Crippen LogP contribution in [0.5, 0.6) is 5.75 Å². The van der Waals surface area contributed by atoms with E-state index in [2.05, 4.69) is 11.5 Å². The van der Waals surface area contributed by atoms with Crippen molar-refractivity contribution >= 4 is 5.82 Å². The molecule has 1 atom stereocenters. The maximum atomic E-state index is 6.33. The highest BCUT2D eigenvalue weighted by Crippen LogP contribution is 2.35. The molecule has 1 unspecified atom stereocenters. The van der Waals surface area contributed by atoms with Gasteiger partial charge >= 0.3 is 0 Å². The summed E-state index contributed by atoms with van der Waals surface area (Å²) in [5.74, 6) is 3.23. The number of nitrogens with zero attached hydrogens (tertiary/aromatic N) is 2. The lowest BCUT2D eigenvalue weighted by molar-refractivity contribution is 0.242. The van der Waals surface area contributed by atoms with Crippen molar-refractivity contribution in [1.29, 1.82) is 0 Å². The van der Waals surface area contributed by atoms with Crippen LogP contribution in [0.15, 0.2) is 24.3 Å². The Morgan fingerprint density at radius 2 is 2.19 bits per heavy atom. The predicted molar refractivity (Wildman–Crippen MR) is 85.5 cm³/mol. The first-order chi connectivity index (χ1) is 10.1. The summed E-state index contributed by atoms with van der Waals surface area (Å²) in [6, 6.07) is 8.03. The number of ether oxygens (including phenoxy) is 1. The van der Waals surface area contributed by atoms with Gasteiger partial charge in [-0.15, -0.1) is 0 Å². The average molecular weight is 285 g/mol. The van der Waals surface area contributed by atoms with Crippen LogP contribution in [0.25, 0.3) is 11.3 Å². The van der Waals surface area contributed by atoms with Gasteiger partial charge < -0.3 is 15.0 Å². The number of imidazole rings is 1. The second-order valence-electron chi connectivity index (χ2n) is 6.09. The van der Waals surface area contributed by atoms with Crippen molar-refractivity contribution in [3.63, 3.8) is 0 Å². The summed E-state index contributed by atoms with van der Waals surface area (Å²) in [6.45, 7) is 7.25. The first-order valence-electron chi connectivity index (χ1n) is 7.69. The lowest BCUT2D eigenvalue weighted by atomic mass is 10.0. The highest BCUT2D eigenvalue weighted by molar-refractivity contribution is 5.72. The van der Waals surface area contributed by atoms with E-state index in [-0.39, 0.29) is 6.10 Å². The highest BCUT2D eigenvalue weighted by Gasteiger charge is 2.23. The summed E-state index contributed by atoms with van der Waals surface area (Å²) in [4.78, 5) is 4.80. The molecule has 0 bridgehead atoms. The fourth-order valence-corrected chi connectivity index (χ4v) is 2.98. The van der Waals surface area contributed by atoms with Gasteiger partial charge in [0.05, 0.1) is 6.10 Å². The van der Waals surface area contributed by atoms with Crippen LogP contribution >= 0.6 is 0 Å². The molecule has 3 rings (SSSR count). The van der Waals surface area contributed by atoms with Gasteiger partial charge in [-0.25, -0.2) is 4.98 Å². The van der Waals surface area contributed by atoms with Crippen LogP contribution in [-0.4, -0.2) is 15.7 Å². The number of aromatic nitrogens is 2. The molecule has 0 fully saturated rings. The lowest BCUT2D eigenvalue weighted by Gasteiger charge is -2.20. The van der Waals surface area contributed by atoms with Crippen LogP contribution in [0.1, 0.15) is 45.4 Å². The smallest absolute Gasteiger partial charge is 0.131 e. The third-order valence-corrected chi connectivity index (χ3v) is 3.98. The molecular formula is C17H23N3O. The molecule has 1 aromatic heterocycles. The maximum Gasteiger partial charge on any atom is 0.131 e. The molecule has 0 saturated carbocycles. The molecule has 0 amide bonds. The molecule has 0 aliphatic carbocycles. The maximum absolute atomic E-state index is 6.33. The van der Waals surface area contributed by atoms with E-state index in [1.54, 1.807) is 0 Å². The van der Waals surface area contributed by atoms with E-state index in [0.717, 1.165) is 35.2 Å². The Morgan fingerprint density at radius 3 is 2.90 bits per heavy atom. The monoisotopic (exact) mass is 285 g/mol. The zero-order chi connectivity index (χ0) is 15.0. The summed E-state index contributed by atoms with van der Waals surface area (Å²) < 4.78 is 7.93. The minimum absolute atomic E-state index is 0.160.